The first-order valence-corrected chi connectivity index (χ1v) is 7.54. The second-order valence-electron chi connectivity index (χ2n) is 5.19. The van der Waals surface area contributed by atoms with Gasteiger partial charge in [-0.05, 0) is 19.4 Å². The van der Waals surface area contributed by atoms with E-state index in [9.17, 15) is 4.79 Å². The Bertz CT molecular complexity index is 670. The summed E-state index contributed by atoms with van der Waals surface area (Å²) in [5, 5.41) is 10.6. The Hall–Kier alpha value is -2.48. The summed E-state index contributed by atoms with van der Waals surface area (Å²) in [5.41, 5.74) is 0.246. The number of ether oxygens (including phenoxy) is 2. The monoisotopic (exact) mass is 317 g/mol. The van der Waals surface area contributed by atoms with Crippen molar-refractivity contribution in [1.29, 1.82) is 0 Å². The van der Waals surface area contributed by atoms with Gasteiger partial charge in [0.15, 0.2) is 5.69 Å². The normalized spacial score (nSPS) is 20.4. The number of nitrogens with zero attached hydrogens (tertiary/aromatic N) is 4. The molecule has 0 spiro atoms. The summed E-state index contributed by atoms with van der Waals surface area (Å²) in [6, 6.07) is 3.05. The third kappa shape index (κ3) is 3.16. The number of hydrogen-bond acceptors (Lipinski definition) is 6. The number of methoxy groups -OCH3 is 1. The largest absolute Gasteiger partial charge is 0.480 e. The molecule has 1 aliphatic rings. The van der Waals surface area contributed by atoms with Crippen LogP contribution in [-0.4, -0.2) is 45.4 Å². The van der Waals surface area contributed by atoms with Crippen molar-refractivity contribution in [2.45, 2.75) is 32.0 Å². The van der Waals surface area contributed by atoms with Crippen molar-refractivity contribution in [2.75, 3.05) is 13.7 Å². The average molecular weight is 317 g/mol. The van der Waals surface area contributed by atoms with Crippen LogP contribution in [0, 0.1) is 0 Å². The molecule has 8 nitrogen and oxygen atoms in total. The Morgan fingerprint density at radius 3 is 3.04 bits per heavy atom. The summed E-state index contributed by atoms with van der Waals surface area (Å²) >= 11 is 0. The highest BCUT2D eigenvalue weighted by Gasteiger charge is 2.34. The van der Waals surface area contributed by atoms with Gasteiger partial charge in [-0.3, -0.25) is 4.79 Å². The van der Waals surface area contributed by atoms with Crippen LogP contribution in [0.2, 0.25) is 0 Å². The summed E-state index contributed by atoms with van der Waals surface area (Å²) in [7, 11) is 1.50. The van der Waals surface area contributed by atoms with Crippen molar-refractivity contribution >= 4 is 5.91 Å². The summed E-state index contributed by atoms with van der Waals surface area (Å²) in [5.74, 6) is 0.917. The number of rotatable bonds is 5. The molecule has 1 saturated heterocycles. The highest BCUT2D eigenvalue weighted by molar-refractivity contribution is 5.92. The number of aryl methyl sites for hydroxylation is 1. The lowest BCUT2D eigenvalue weighted by molar-refractivity contribution is 0.0772. The van der Waals surface area contributed by atoms with E-state index in [1.165, 1.54) is 7.11 Å². The zero-order valence-electron chi connectivity index (χ0n) is 13.1. The molecule has 1 N–H and O–H groups in total. The maximum atomic E-state index is 12.3. The smallest absolute Gasteiger partial charge is 0.272 e. The fourth-order valence-electron chi connectivity index (χ4n) is 2.63. The molecule has 0 radical (unpaired) electrons. The fraction of sp³-hybridized carbons (Fsp3) is 0.467. The lowest BCUT2D eigenvalue weighted by Gasteiger charge is -2.20. The molecule has 0 saturated carbocycles. The van der Waals surface area contributed by atoms with Crippen LogP contribution in [0.3, 0.4) is 0 Å². The summed E-state index contributed by atoms with van der Waals surface area (Å²) in [6.07, 6.45) is 4.13. The minimum Gasteiger partial charge on any atom is -0.480 e. The topological polar surface area (TPSA) is 91.2 Å². The average Bonchev–Trinajstić information content (AvgIpc) is 3.23. The maximum Gasteiger partial charge on any atom is 0.272 e. The number of imidazole rings is 1. The first-order valence-electron chi connectivity index (χ1n) is 7.54. The SMILES string of the molecule is CCn1ccnc1[C@H]1OCC[C@@H]1NC(=O)c1ccc(OC)nn1. The molecular weight excluding hydrogens is 298 g/mol. The van der Waals surface area contributed by atoms with Crippen molar-refractivity contribution in [1.82, 2.24) is 25.1 Å². The Balaban J connectivity index is 1.71. The van der Waals surface area contributed by atoms with Gasteiger partial charge in [-0.1, -0.05) is 0 Å². The molecule has 0 aromatic carbocycles. The lowest BCUT2D eigenvalue weighted by Crippen LogP contribution is -2.38. The third-order valence-electron chi connectivity index (χ3n) is 3.83. The van der Waals surface area contributed by atoms with E-state index in [0.717, 1.165) is 18.8 Å². The van der Waals surface area contributed by atoms with Gasteiger partial charge in [-0.2, -0.15) is 0 Å². The van der Waals surface area contributed by atoms with Crippen LogP contribution in [0.15, 0.2) is 24.5 Å². The molecule has 0 aliphatic carbocycles. The lowest BCUT2D eigenvalue weighted by atomic mass is 10.1. The molecule has 0 unspecified atom stereocenters. The summed E-state index contributed by atoms with van der Waals surface area (Å²) in [6.45, 7) is 3.43. The molecule has 8 heteroatoms. The van der Waals surface area contributed by atoms with Gasteiger partial charge in [0.1, 0.15) is 11.9 Å². The van der Waals surface area contributed by atoms with E-state index >= 15 is 0 Å². The number of nitrogens with one attached hydrogen (secondary N) is 1. The number of carbonyl (C=O) groups excluding carboxylic acids is 1. The quantitative estimate of drug-likeness (QED) is 0.883. The van der Waals surface area contributed by atoms with Crippen LogP contribution in [0.25, 0.3) is 0 Å². The molecular formula is C15H19N5O3. The van der Waals surface area contributed by atoms with Gasteiger partial charge in [0, 0.05) is 31.6 Å². The molecule has 122 valence electrons. The van der Waals surface area contributed by atoms with Gasteiger partial charge < -0.3 is 19.4 Å². The van der Waals surface area contributed by atoms with E-state index < -0.39 is 0 Å². The molecule has 2 atom stereocenters. The van der Waals surface area contributed by atoms with Crippen LogP contribution in [0.4, 0.5) is 0 Å². The molecule has 1 aliphatic heterocycles. The van der Waals surface area contributed by atoms with Crippen LogP contribution in [0.1, 0.15) is 35.8 Å². The first-order chi connectivity index (χ1) is 11.2. The number of amides is 1. The van der Waals surface area contributed by atoms with E-state index in [-0.39, 0.29) is 23.7 Å². The fourth-order valence-corrected chi connectivity index (χ4v) is 2.63. The molecule has 2 aromatic heterocycles. The van der Waals surface area contributed by atoms with Gasteiger partial charge >= 0.3 is 0 Å². The molecule has 1 amide bonds. The maximum absolute atomic E-state index is 12.3. The Labute approximate surface area is 133 Å². The molecule has 1 fully saturated rings. The predicted molar refractivity (Wildman–Crippen MR) is 81.0 cm³/mol. The zero-order chi connectivity index (χ0) is 16.2. The molecule has 3 rings (SSSR count). The van der Waals surface area contributed by atoms with Crippen molar-refractivity contribution in [3.05, 3.63) is 36.0 Å². The van der Waals surface area contributed by atoms with Gasteiger partial charge in [0.25, 0.3) is 5.91 Å². The number of carbonyl (C=O) groups is 1. The van der Waals surface area contributed by atoms with Crippen LogP contribution >= 0.6 is 0 Å². The van der Waals surface area contributed by atoms with Crippen molar-refractivity contribution in [3.63, 3.8) is 0 Å². The van der Waals surface area contributed by atoms with Crippen molar-refractivity contribution in [2.24, 2.45) is 0 Å². The highest BCUT2D eigenvalue weighted by atomic mass is 16.5. The van der Waals surface area contributed by atoms with E-state index in [1.807, 2.05) is 17.7 Å². The Kier molecular flexibility index (Phi) is 4.52. The second-order valence-corrected chi connectivity index (χ2v) is 5.19. The molecule has 2 aromatic rings. The standard InChI is InChI=1S/C15H19N5O3/c1-3-20-8-7-16-14(20)13-10(6-9-23-13)17-15(21)11-4-5-12(22-2)19-18-11/h4-5,7-8,10,13H,3,6,9H2,1-2H3,(H,17,21)/t10-,13-/m0/s1. The summed E-state index contributed by atoms with van der Waals surface area (Å²) in [4.78, 5) is 16.7. The number of aromatic nitrogens is 4. The Morgan fingerprint density at radius 2 is 2.35 bits per heavy atom. The minimum atomic E-state index is -0.282. The van der Waals surface area contributed by atoms with Crippen LogP contribution < -0.4 is 10.1 Å². The second kappa shape index (κ2) is 6.74. The van der Waals surface area contributed by atoms with Gasteiger partial charge in [-0.15, -0.1) is 10.2 Å². The minimum absolute atomic E-state index is 0.140. The summed E-state index contributed by atoms with van der Waals surface area (Å²) < 4.78 is 12.7. The van der Waals surface area contributed by atoms with Crippen molar-refractivity contribution < 1.29 is 14.3 Å². The van der Waals surface area contributed by atoms with Gasteiger partial charge in [0.2, 0.25) is 5.88 Å². The van der Waals surface area contributed by atoms with E-state index in [2.05, 4.69) is 20.5 Å². The Morgan fingerprint density at radius 1 is 1.48 bits per heavy atom. The first kappa shape index (κ1) is 15.4. The molecule has 0 bridgehead atoms. The van der Waals surface area contributed by atoms with Crippen LogP contribution in [0.5, 0.6) is 5.88 Å². The van der Waals surface area contributed by atoms with Gasteiger partial charge in [-0.25, -0.2) is 4.98 Å². The number of hydrogen-bond donors (Lipinski definition) is 1. The van der Waals surface area contributed by atoms with E-state index in [4.69, 9.17) is 9.47 Å². The van der Waals surface area contributed by atoms with Crippen LogP contribution in [-0.2, 0) is 11.3 Å². The van der Waals surface area contributed by atoms with Gasteiger partial charge in [0.05, 0.1) is 13.2 Å². The predicted octanol–water partition coefficient (Wildman–Crippen LogP) is 0.962. The van der Waals surface area contributed by atoms with E-state index in [0.29, 0.717) is 12.5 Å². The zero-order valence-corrected chi connectivity index (χ0v) is 13.1. The molecule has 23 heavy (non-hydrogen) atoms. The molecule has 3 heterocycles. The van der Waals surface area contributed by atoms with E-state index in [1.54, 1.807) is 18.3 Å². The highest BCUT2D eigenvalue weighted by Crippen LogP contribution is 2.28. The van der Waals surface area contributed by atoms with Crippen molar-refractivity contribution in [3.8, 4) is 5.88 Å². The third-order valence-corrected chi connectivity index (χ3v) is 3.83.